The summed E-state index contributed by atoms with van der Waals surface area (Å²) in [6, 6.07) is 20.0. The maximum absolute atomic E-state index is 11.6. The topological polar surface area (TPSA) is 29.4 Å². The van der Waals surface area contributed by atoms with E-state index in [0.29, 0.717) is 5.56 Å². The maximum atomic E-state index is 11.6. The van der Waals surface area contributed by atoms with Crippen LogP contribution >= 0.6 is 11.9 Å². The molecule has 0 bridgehead atoms. The summed E-state index contributed by atoms with van der Waals surface area (Å²) in [6.45, 7) is 4.59. The molecule has 0 saturated heterocycles. The van der Waals surface area contributed by atoms with Crippen LogP contribution in [0.3, 0.4) is 0 Å². The van der Waals surface area contributed by atoms with Crippen molar-refractivity contribution >= 4 is 24.3 Å². The van der Waals surface area contributed by atoms with Crippen LogP contribution in [0.2, 0.25) is 0 Å². The van der Waals surface area contributed by atoms with Gasteiger partial charge in [-0.1, -0.05) is 75.2 Å². The van der Waals surface area contributed by atoms with Crippen LogP contribution in [0.5, 0.6) is 0 Å². The molecule has 2 nitrogen and oxygen atoms in total. The molecule has 0 amide bonds. The average molecular weight is 426 g/mol. The van der Waals surface area contributed by atoms with E-state index in [9.17, 15) is 4.79 Å². The van der Waals surface area contributed by atoms with Crippen molar-refractivity contribution in [3.05, 3.63) is 81.9 Å². The predicted octanol–water partition coefficient (Wildman–Crippen LogP) is 6.09. The number of rotatable bonds is 6. The zero-order chi connectivity index (χ0) is 21.4. The molecule has 1 aliphatic heterocycles. The molecule has 1 heterocycles. The van der Waals surface area contributed by atoms with Crippen LogP contribution in [0.4, 0.5) is 0 Å². The Kier molecular flexibility index (Phi) is 5.31. The zero-order valence-corrected chi connectivity index (χ0v) is 19.0. The minimum absolute atomic E-state index is 0.0815. The highest BCUT2D eigenvalue weighted by atomic mass is 32.2. The molecule has 0 unspecified atom stereocenters. The van der Waals surface area contributed by atoms with E-state index in [4.69, 9.17) is 0 Å². The fourth-order valence-electron chi connectivity index (χ4n) is 5.64. The number of hydrogen-bond donors (Lipinski definition) is 0. The smallest absolute Gasteiger partial charge is 0.152 e. The third-order valence-electron chi connectivity index (χ3n) is 6.83. The summed E-state index contributed by atoms with van der Waals surface area (Å²) >= 11 is 1.51. The normalized spacial score (nSPS) is 15.3. The Balaban J connectivity index is 1.76. The van der Waals surface area contributed by atoms with E-state index >= 15 is 0 Å². The standard InChI is InChI=1S/C28H27NOS/c1-3-14-28(15-4-2)25-8-6-5-7-22(25)23-12-9-19(17-26(23)28)21-11-10-20(18-30)27-24(21)13-16-31-29-27/h5-13,17-18H,3-4,14-16H2,1-2H3. The van der Waals surface area contributed by atoms with Crippen molar-refractivity contribution in [3.63, 3.8) is 0 Å². The van der Waals surface area contributed by atoms with Gasteiger partial charge < -0.3 is 0 Å². The molecule has 0 N–H and O–H groups in total. The van der Waals surface area contributed by atoms with Crippen LogP contribution in [0.15, 0.2) is 59.0 Å². The van der Waals surface area contributed by atoms with Crippen LogP contribution < -0.4 is 10.6 Å². The number of benzene rings is 3. The number of carbonyl (C=O) groups is 1. The van der Waals surface area contributed by atoms with Gasteiger partial charge in [-0.25, -0.2) is 4.40 Å². The highest BCUT2D eigenvalue weighted by molar-refractivity contribution is 7.98. The average Bonchev–Trinajstić information content (AvgIpc) is 3.08. The third kappa shape index (κ3) is 3.10. The SMILES string of the molecule is CCCC1(CCC)c2ccccc2-c2ccc(-c3ccc(C=O)c4c3=CCSN=4)cc21. The molecule has 0 fully saturated rings. The first-order valence-electron chi connectivity index (χ1n) is 11.3. The molecule has 0 spiro atoms. The van der Waals surface area contributed by atoms with E-state index in [1.165, 1.54) is 45.3 Å². The second-order valence-electron chi connectivity index (χ2n) is 8.56. The second kappa shape index (κ2) is 8.12. The Hall–Kier alpha value is -2.65. The molecule has 2 aliphatic rings. The van der Waals surface area contributed by atoms with Gasteiger partial charge in [-0.2, -0.15) is 0 Å². The lowest BCUT2D eigenvalue weighted by atomic mass is 9.71. The van der Waals surface area contributed by atoms with E-state index in [0.717, 1.165) is 48.3 Å². The van der Waals surface area contributed by atoms with Crippen molar-refractivity contribution < 1.29 is 4.79 Å². The van der Waals surface area contributed by atoms with Gasteiger partial charge in [-0.15, -0.1) is 0 Å². The summed E-state index contributed by atoms with van der Waals surface area (Å²) in [5.41, 5.74) is 8.86. The molecule has 5 rings (SSSR count). The first-order chi connectivity index (χ1) is 15.2. The van der Waals surface area contributed by atoms with Crippen LogP contribution in [0.1, 0.15) is 61.0 Å². The van der Waals surface area contributed by atoms with Gasteiger partial charge in [0.25, 0.3) is 0 Å². The molecule has 1 aliphatic carbocycles. The van der Waals surface area contributed by atoms with Crippen LogP contribution in [-0.2, 0) is 5.41 Å². The molecule has 0 radical (unpaired) electrons. The fraction of sp³-hybridized carbons (Fsp3) is 0.286. The van der Waals surface area contributed by atoms with E-state index in [2.05, 4.69) is 72.9 Å². The first-order valence-corrected chi connectivity index (χ1v) is 12.2. The second-order valence-corrected chi connectivity index (χ2v) is 9.34. The van der Waals surface area contributed by atoms with Gasteiger partial charge in [-0.05, 0) is 70.3 Å². The number of carbonyl (C=O) groups excluding carboxylic acids is 1. The summed E-state index contributed by atoms with van der Waals surface area (Å²) < 4.78 is 4.60. The van der Waals surface area contributed by atoms with Crippen LogP contribution in [0.25, 0.3) is 28.3 Å². The summed E-state index contributed by atoms with van der Waals surface area (Å²) in [4.78, 5) is 11.6. The van der Waals surface area contributed by atoms with Gasteiger partial charge in [0, 0.05) is 21.9 Å². The van der Waals surface area contributed by atoms with E-state index < -0.39 is 0 Å². The molecule has 31 heavy (non-hydrogen) atoms. The van der Waals surface area contributed by atoms with Crippen molar-refractivity contribution in [2.45, 2.75) is 44.9 Å². The minimum Gasteiger partial charge on any atom is -0.298 e. The number of hydrogen-bond acceptors (Lipinski definition) is 3. The molecule has 0 aromatic heterocycles. The fourth-order valence-corrected chi connectivity index (χ4v) is 6.29. The molecular formula is C28H27NOS. The molecule has 156 valence electrons. The van der Waals surface area contributed by atoms with Gasteiger partial charge in [-0.3, -0.25) is 4.79 Å². The molecule has 3 aromatic carbocycles. The van der Waals surface area contributed by atoms with E-state index in [1.54, 1.807) is 0 Å². The first kappa shape index (κ1) is 20.3. The van der Waals surface area contributed by atoms with Crippen molar-refractivity contribution in [3.8, 4) is 22.3 Å². The molecule has 3 heteroatoms. The summed E-state index contributed by atoms with van der Waals surface area (Å²) in [5, 5.41) is 1.91. The van der Waals surface area contributed by atoms with Gasteiger partial charge in [0.1, 0.15) is 0 Å². The lowest BCUT2D eigenvalue weighted by Crippen LogP contribution is -2.32. The van der Waals surface area contributed by atoms with Crippen LogP contribution in [0, 0.1) is 0 Å². The summed E-state index contributed by atoms with van der Waals surface area (Å²) in [7, 11) is 0. The Morgan fingerprint density at radius 2 is 1.68 bits per heavy atom. The minimum atomic E-state index is 0.0815. The third-order valence-corrected chi connectivity index (χ3v) is 7.45. The van der Waals surface area contributed by atoms with Crippen molar-refractivity contribution in [1.29, 1.82) is 0 Å². The molecule has 0 saturated carbocycles. The predicted molar refractivity (Wildman–Crippen MR) is 131 cm³/mol. The molecular weight excluding hydrogens is 398 g/mol. The Morgan fingerprint density at radius 3 is 2.45 bits per heavy atom. The largest absolute Gasteiger partial charge is 0.298 e. The Labute approximate surface area is 188 Å². The number of fused-ring (bicyclic) bond motifs is 4. The van der Waals surface area contributed by atoms with Crippen molar-refractivity contribution in [1.82, 2.24) is 0 Å². The van der Waals surface area contributed by atoms with Gasteiger partial charge in [0.05, 0.1) is 5.36 Å². The monoisotopic (exact) mass is 425 g/mol. The van der Waals surface area contributed by atoms with Gasteiger partial charge in [0.15, 0.2) is 6.29 Å². The van der Waals surface area contributed by atoms with E-state index in [-0.39, 0.29) is 5.41 Å². The Morgan fingerprint density at radius 1 is 0.935 bits per heavy atom. The zero-order valence-electron chi connectivity index (χ0n) is 18.2. The number of nitrogens with zero attached hydrogens (tertiary/aromatic N) is 1. The maximum Gasteiger partial charge on any atom is 0.152 e. The lowest BCUT2D eigenvalue weighted by Gasteiger charge is -2.32. The van der Waals surface area contributed by atoms with Crippen LogP contribution in [-0.4, -0.2) is 12.0 Å². The lowest BCUT2D eigenvalue weighted by molar-refractivity contribution is 0.112. The number of aldehydes is 1. The van der Waals surface area contributed by atoms with E-state index in [1.807, 2.05) is 6.07 Å². The van der Waals surface area contributed by atoms with Gasteiger partial charge >= 0.3 is 0 Å². The van der Waals surface area contributed by atoms with Gasteiger partial charge in [0.2, 0.25) is 0 Å². The highest BCUT2D eigenvalue weighted by Gasteiger charge is 2.41. The quantitative estimate of drug-likeness (QED) is 0.353. The summed E-state index contributed by atoms with van der Waals surface area (Å²) in [6.07, 6.45) is 7.77. The molecule has 0 atom stereocenters. The van der Waals surface area contributed by atoms with Crippen molar-refractivity contribution in [2.24, 2.45) is 4.40 Å². The molecule has 3 aromatic rings. The Bertz CT molecular complexity index is 1280. The summed E-state index contributed by atoms with van der Waals surface area (Å²) in [5.74, 6) is 0.842. The highest BCUT2D eigenvalue weighted by Crippen LogP contribution is 2.54. The van der Waals surface area contributed by atoms with Crippen molar-refractivity contribution in [2.75, 3.05) is 5.75 Å².